The highest BCUT2D eigenvalue weighted by Crippen LogP contribution is 2.18. The summed E-state index contributed by atoms with van der Waals surface area (Å²) in [5, 5.41) is 3.41. The summed E-state index contributed by atoms with van der Waals surface area (Å²) in [6.07, 6.45) is 7.84. The molecule has 2 heteroatoms. The Morgan fingerprint density at radius 2 is 2.18 bits per heavy atom. The number of hydrogen-bond donors (Lipinski definition) is 1. The first kappa shape index (κ1) is 14.0. The molecule has 0 aromatic heterocycles. The monoisotopic (exact) mass is 234 g/mol. The number of likely N-dealkylation sites (N-methyl/N-ethyl adjacent to an activating group) is 1. The lowest BCUT2D eigenvalue weighted by atomic mass is 9.97. The molecule has 1 atom stereocenters. The van der Waals surface area contributed by atoms with Crippen molar-refractivity contribution in [2.45, 2.75) is 27.2 Å². The van der Waals surface area contributed by atoms with Crippen LogP contribution in [0.5, 0.6) is 0 Å². The van der Waals surface area contributed by atoms with Gasteiger partial charge in [0.25, 0.3) is 0 Å². The second kappa shape index (κ2) is 7.33. The summed E-state index contributed by atoms with van der Waals surface area (Å²) in [4.78, 5) is 2.41. The van der Waals surface area contributed by atoms with Crippen LogP contribution in [0.25, 0.3) is 0 Å². The number of nitrogens with one attached hydrogen (secondary N) is 1. The predicted octanol–water partition coefficient (Wildman–Crippen LogP) is 2.95. The van der Waals surface area contributed by atoms with Gasteiger partial charge in [-0.15, -0.1) is 0 Å². The molecule has 1 N–H and O–H groups in total. The van der Waals surface area contributed by atoms with Gasteiger partial charge >= 0.3 is 0 Å². The van der Waals surface area contributed by atoms with Gasteiger partial charge < -0.3 is 10.2 Å². The summed E-state index contributed by atoms with van der Waals surface area (Å²) < 4.78 is 0. The topological polar surface area (TPSA) is 15.3 Å². The largest absolute Gasteiger partial charge is 0.384 e. The van der Waals surface area contributed by atoms with Crippen molar-refractivity contribution in [1.82, 2.24) is 10.2 Å². The highest BCUT2D eigenvalue weighted by molar-refractivity contribution is 5.38. The zero-order valence-corrected chi connectivity index (χ0v) is 11.5. The lowest BCUT2D eigenvalue weighted by Crippen LogP contribution is -2.31. The molecule has 1 aliphatic carbocycles. The molecule has 2 nitrogen and oxygen atoms in total. The van der Waals surface area contributed by atoms with Gasteiger partial charge in [-0.05, 0) is 31.0 Å². The summed E-state index contributed by atoms with van der Waals surface area (Å²) in [5.74, 6) is 0.669. The van der Waals surface area contributed by atoms with Crippen molar-refractivity contribution >= 4 is 0 Å². The van der Waals surface area contributed by atoms with Gasteiger partial charge in [-0.3, -0.25) is 0 Å². The molecule has 0 saturated carbocycles. The Labute approximate surface area is 106 Å². The van der Waals surface area contributed by atoms with Crippen LogP contribution in [-0.2, 0) is 0 Å². The Bertz CT molecular complexity index is 298. The van der Waals surface area contributed by atoms with E-state index in [1.54, 1.807) is 0 Å². The summed E-state index contributed by atoms with van der Waals surface area (Å²) in [5.41, 5.74) is 2.31. The normalized spacial score (nSPS) is 19.3. The van der Waals surface area contributed by atoms with Gasteiger partial charge in [-0.25, -0.2) is 0 Å². The van der Waals surface area contributed by atoms with Crippen molar-refractivity contribution in [3.63, 3.8) is 0 Å². The molecule has 0 aliphatic heterocycles. The average Bonchev–Trinajstić information content (AvgIpc) is 2.35. The minimum atomic E-state index is 0.669. The number of nitrogens with zero attached hydrogens (tertiary/aromatic N) is 1. The van der Waals surface area contributed by atoms with E-state index >= 15 is 0 Å². The molecule has 0 aromatic rings. The minimum absolute atomic E-state index is 0.669. The molecule has 1 unspecified atom stereocenters. The molecular weight excluding hydrogens is 208 g/mol. The maximum Gasteiger partial charge on any atom is 0.0337 e. The second-order valence-corrected chi connectivity index (χ2v) is 4.66. The van der Waals surface area contributed by atoms with E-state index in [0.717, 1.165) is 38.3 Å². The number of rotatable bonds is 7. The van der Waals surface area contributed by atoms with Crippen LogP contribution in [0.15, 0.2) is 36.1 Å². The van der Waals surface area contributed by atoms with Crippen molar-refractivity contribution < 1.29 is 0 Å². The van der Waals surface area contributed by atoms with Gasteiger partial charge in [-0.1, -0.05) is 45.6 Å². The maximum atomic E-state index is 4.10. The standard InChI is InChI=1S/C15H26N2/c1-5-17(6-2)12-11-16-14(4)15-9-7-13(3)8-10-15/h7,9-10,13,16H,4-6,8,11-12H2,1-3H3. The Hall–Kier alpha value is -1.02. The fraction of sp³-hybridized carbons (Fsp3) is 0.600. The van der Waals surface area contributed by atoms with E-state index in [-0.39, 0.29) is 0 Å². The Balaban J connectivity index is 2.28. The summed E-state index contributed by atoms with van der Waals surface area (Å²) in [6, 6.07) is 0. The van der Waals surface area contributed by atoms with Crippen LogP contribution < -0.4 is 5.32 Å². The molecule has 0 heterocycles. The van der Waals surface area contributed by atoms with Crippen LogP contribution in [0.2, 0.25) is 0 Å². The fourth-order valence-electron chi connectivity index (χ4n) is 1.96. The average molecular weight is 234 g/mol. The fourth-order valence-corrected chi connectivity index (χ4v) is 1.96. The second-order valence-electron chi connectivity index (χ2n) is 4.66. The zero-order chi connectivity index (χ0) is 12.7. The molecule has 0 bridgehead atoms. The molecule has 0 aromatic carbocycles. The van der Waals surface area contributed by atoms with Crippen molar-refractivity contribution in [3.05, 3.63) is 36.1 Å². The van der Waals surface area contributed by atoms with E-state index in [0.29, 0.717) is 5.92 Å². The summed E-state index contributed by atoms with van der Waals surface area (Å²) in [6.45, 7) is 15.0. The first-order chi connectivity index (χ1) is 8.17. The van der Waals surface area contributed by atoms with Crippen LogP contribution in [-0.4, -0.2) is 31.1 Å². The minimum Gasteiger partial charge on any atom is -0.384 e. The van der Waals surface area contributed by atoms with E-state index < -0.39 is 0 Å². The summed E-state index contributed by atoms with van der Waals surface area (Å²) >= 11 is 0. The first-order valence-corrected chi connectivity index (χ1v) is 6.71. The highest BCUT2D eigenvalue weighted by Gasteiger charge is 2.06. The molecule has 0 amide bonds. The molecule has 0 fully saturated rings. The number of hydrogen-bond acceptors (Lipinski definition) is 2. The Kier molecular flexibility index (Phi) is 6.06. The molecular formula is C15H26N2. The van der Waals surface area contributed by atoms with Gasteiger partial charge in [0.1, 0.15) is 0 Å². The summed E-state index contributed by atoms with van der Waals surface area (Å²) in [7, 11) is 0. The van der Waals surface area contributed by atoms with E-state index in [2.05, 4.69) is 55.8 Å². The quantitative estimate of drug-likeness (QED) is 0.728. The smallest absolute Gasteiger partial charge is 0.0337 e. The third kappa shape index (κ3) is 4.78. The predicted molar refractivity (Wildman–Crippen MR) is 75.9 cm³/mol. The van der Waals surface area contributed by atoms with Crippen LogP contribution in [0.4, 0.5) is 0 Å². The lowest BCUT2D eigenvalue weighted by molar-refractivity contribution is 0.306. The molecule has 0 spiro atoms. The lowest BCUT2D eigenvalue weighted by Gasteiger charge is -2.20. The highest BCUT2D eigenvalue weighted by atomic mass is 15.1. The molecule has 1 rings (SSSR count). The molecule has 17 heavy (non-hydrogen) atoms. The van der Waals surface area contributed by atoms with E-state index in [4.69, 9.17) is 0 Å². The van der Waals surface area contributed by atoms with Gasteiger partial charge in [0, 0.05) is 18.8 Å². The SMILES string of the molecule is C=C(NCCN(CC)CC)C1=CCC(C)C=C1. The van der Waals surface area contributed by atoms with E-state index in [1.165, 1.54) is 5.57 Å². The van der Waals surface area contributed by atoms with Gasteiger partial charge in [0.05, 0.1) is 0 Å². The van der Waals surface area contributed by atoms with Crippen molar-refractivity contribution in [2.24, 2.45) is 5.92 Å². The van der Waals surface area contributed by atoms with Crippen LogP contribution >= 0.6 is 0 Å². The van der Waals surface area contributed by atoms with Crippen molar-refractivity contribution in [2.75, 3.05) is 26.2 Å². The zero-order valence-electron chi connectivity index (χ0n) is 11.5. The maximum absolute atomic E-state index is 4.10. The Morgan fingerprint density at radius 1 is 1.47 bits per heavy atom. The third-order valence-electron chi connectivity index (χ3n) is 3.32. The van der Waals surface area contributed by atoms with Gasteiger partial charge in [0.2, 0.25) is 0 Å². The molecule has 96 valence electrons. The Morgan fingerprint density at radius 3 is 2.71 bits per heavy atom. The number of allylic oxidation sites excluding steroid dienone is 3. The molecule has 0 saturated heterocycles. The first-order valence-electron chi connectivity index (χ1n) is 6.71. The van der Waals surface area contributed by atoms with Gasteiger partial charge in [-0.2, -0.15) is 0 Å². The van der Waals surface area contributed by atoms with Crippen LogP contribution in [0.3, 0.4) is 0 Å². The van der Waals surface area contributed by atoms with Crippen molar-refractivity contribution in [3.8, 4) is 0 Å². The molecule has 0 radical (unpaired) electrons. The van der Waals surface area contributed by atoms with E-state index in [9.17, 15) is 0 Å². The van der Waals surface area contributed by atoms with Crippen LogP contribution in [0, 0.1) is 5.92 Å². The molecule has 1 aliphatic rings. The van der Waals surface area contributed by atoms with Crippen molar-refractivity contribution in [1.29, 1.82) is 0 Å². The van der Waals surface area contributed by atoms with Gasteiger partial charge in [0.15, 0.2) is 0 Å². The van der Waals surface area contributed by atoms with E-state index in [1.807, 2.05) is 0 Å². The third-order valence-corrected chi connectivity index (χ3v) is 3.32. The van der Waals surface area contributed by atoms with Crippen LogP contribution in [0.1, 0.15) is 27.2 Å².